The molecule has 4 N–H and O–H groups in total. The molecule has 534 valence electrons. The molecule has 16 nitrogen and oxygen atoms in total. The van der Waals surface area contributed by atoms with Gasteiger partial charge in [-0.1, -0.05) is 245 Å². The molecule has 0 heterocycles. The van der Waals surface area contributed by atoms with E-state index in [1.54, 1.807) is 0 Å². The van der Waals surface area contributed by atoms with Gasteiger partial charge in [0.1, 0.15) is 25.4 Å². The van der Waals surface area contributed by atoms with Crippen LogP contribution >= 0.6 is 15.6 Å². The van der Waals surface area contributed by atoms with Gasteiger partial charge >= 0.3 is 33.6 Å². The first-order valence-electron chi connectivity index (χ1n) is 35.8. The Balaban J connectivity index is 4.61. The van der Waals surface area contributed by atoms with Crippen LogP contribution in [-0.4, -0.2) is 95.9 Å². The van der Waals surface area contributed by atoms with E-state index in [0.29, 0.717) is 19.3 Å². The highest BCUT2D eigenvalue weighted by Crippen LogP contribution is 2.45. The summed E-state index contributed by atoms with van der Waals surface area (Å²) in [5.41, 5.74) is 0. The third-order valence-corrected chi connectivity index (χ3v) is 16.5. The predicted octanol–water partition coefficient (Wildman–Crippen LogP) is 20.2. The number of hydrogen-bond donors (Lipinski definition) is 4. The average Bonchev–Trinajstić information content (AvgIpc) is 3.14. The van der Waals surface area contributed by atoms with Gasteiger partial charge in [0.15, 0.2) is 6.10 Å². The Labute approximate surface area is 563 Å². The highest BCUT2D eigenvalue weighted by molar-refractivity contribution is 7.47. The lowest BCUT2D eigenvalue weighted by molar-refractivity contribution is -0.161. The first kappa shape index (κ1) is 89.0. The minimum absolute atomic E-state index is 0.0801. The van der Waals surface area contributed by atoms with Crippen molar-refractivity contribution >= 4 is 33.6 Å². The van der Waals surface area contributed by atoms with Crippen molar-refractivity contribution in [2.75, 3.05) is 39.6 Å². The number of aliphatic hydroxyl groups excluding tert-OH is 2. The van der Waals surface area contributed by atoms with Crippen molar-refractivity contribution in [3.8, 4) is 0 Å². The summed E-state index contributed by atoms with van der Waals surface area (Å²) in [5, 5.41) is 20.6. The lowest BCUT2D eigenvalue weighted by Gasteiger charge is -2.21. The zero-order valence-electron chi connectivity index (χ0n) is 57.9. The lowest BCUT2D eigenvalue weighted by Crippen LogP contribution is -2.30. The number of aliphatic hydroxyl groups is 2. The molecule has 0 aliphatic rings. The normalized spacial score (nSPS) is 14.9. The van der Waals surface area contributed by atoms with Crippen molar-refractivity contribution < 1.29 is 75.8 Å². The standard InChI is InChI=1S/C75H128O16P2/c1-4-7-10-13-16-19-22-25-28-30-31-32-33-34-35-36-37-39-42-43-46-49-52-55-58-61-73(78)85-64-70(76)65-87-92(81,82)88-66-71(77)67-89-93(83,84)90-69-72(91-75(80)63-60-57-54-51-48-45-40-27-24-21-18-15-12-9-6-3)68-86-74(79)62-59-56-53-50-47-44-41-38-29-26-23-20-17-14-11-8-5-2/h8,11,16-21,25-29,31-32,34-35,40-41,44,70-72,76-77H,4-7,9-10,12-15,22-24,30,33,36-39,42-43,45-69H2,1-3H3,(H,81,82)(H,83,84)/b11-8-,19-16-,20-17-,21-18-,28-25-,29-26-,32-31-,35-34-,40-27-,44-41-. The third kappa shape index (κ3) is 69.1. The van der Waals surface area contributed by atoms with Gasteiger partial charge in [-0.15, -0.1) is 0 Å². The molecule has 18 heteroatoms. The second-order valence-corrected chi connectivity index (χ2v) is 26.6. The average molecular weight is 1350 g/mol. The fourth-order valence-electron chi connectivity index (χ4n) is 9.16. The summed E-state index contributed by atoms with van der Waals surface area (Å²) < 4.78 is 60.9. The maximum absolute atomic E-state index is 12.9. The molecule has 93 heavy (non-hydrogen) atoms. The van der Waals surface area contributed by atoms with Crippen LogP contribution in [0.25, 0.3) is 0 Å². The topological polar surface area (TPSA) is 231 Å². The van der Waals surface area contributed by atoms with Crippen molar-refractivity contribution in [3.05, 3.63) is 122 Å². The van der Waals surface area contributed by atoms with Gasteiger partial charge in [0.2, 0.25) is 0 Å². The summed E-state index contributed by atoms with van der Waals surface area (Å²) in [5.74, 6) is -1.63. The molecule has 0 fully saturated rings. The Hall–Kier alpha value is -4.05. The Morgan fingerprint density at radius 1 is 0.312 bits per heavy atom. The van der Waals surface area contributed by atoms with Crippen molar-refractivity contribution in [1.29, 1.82) is 0 Å². The van der Waals surface area contributed by atoms with E-state index < -0.39 is 91.5 Å². The summed E-state index contributed by atoms with van der Waals surface area (Å²) in [6.07, 6.45) is 78.2. The zero-order chi connectivity index (χ0) is 68.1. The molecule has 0 bridgehead atoms. The number of carbonyl (C=O) groups excluding carboxylic acids is 3. The van der Waals surface area contributed by atoms with Crippen LogP contribution in [0.3, 0.4) is 0 Å². The van der Waals surface area contributed by atoms with E-state index in [2.05, 4.69) is 142 Å². The maximum Gasteiger partial charge on any atom is 0.472 e. The molecule has 0 aromatic carbocycles. The van der Waals surface area contributed by atoms with Gasteiger partial charge in [0.25, 0.3) is 0 Å². The molecule has 0 amide bonds. The molecule has 5 unspecified atom stereocenters. The third-order valence-electron chi connectivity index (χ3n) is 14.6. The van der Waals surface area contributed by atoms with Crippen LogP contribution in [0.4, 0.5) is 0 Å². The summed E-state index contributed by atoms with van der Waals surface area (Å²) in [4.78, 5) is 58.4. The molecule has 0 aliphatic carbocycles. The van der Waals surface area contributed by atoms with E-state index in [0.717, 1.165) is 148 Å². The Morgan fingerprint density at radius 3 is 0.903 bits per heavy atom. The van der Waals surface area contributed by atoms with Gasteiger partial charge in [0.05, 0.1) is 26.4 Å². The molecular formula is C75H128O16P2. The molecule has 0 radical (unpaired) electrons. The van der Waals surface area contributed by atoms with Crippen LogP contribution in [-0.2, 0) is 55.8 Å². The fraction of sp³-hybridized carbons (Fsp3) is 0.693. The van der Waals surface area contributed by atoms with Crippen LogP contribution in [0.15, 0.2) is 122 Å². The number of phosphoric acid groups is 2. The Bertz CT molecular complexity index is 2180. The first-order chi connectivity index (χ1) is 45.2. The van der Waals surface area contributed by atoms with Crippen molar-refractivity contribution in [2.24, 2.45) is 0 Å². The van der Waals surface area contributed by atoms with Gasteiger partial charge in [0, 0.05) is 19.3 Å². The summed E-state index contributed by atoms with van der Waals surface area (Å²) in [6, 6.07) is 0. The van der Waals surface area contributed by atoms with Crippen LogP contribution in [0.5, 0.6) is 0 Å². The summed E-state index contributed by atoms with van der Waals surface area (Å²) in [7, 11) is -9.80. The minimum Gasteiger partial charge on any atom is -0.463 e. The van der Waals surface area contributed by atoms with E-state index in [4.69, 9.17) is 32.3 Å². The quantitative estimate of drug-likeness (QED) is 0.0146. The number of allylic oxidation sites excluding steroid dienone is 20. The molecular weight excluding hydrogens is 1220 g/mol. The van der Waals surface area contributed by atoms with Gasteiger partial charge in [-0.05, 0) is 135 Å². The molecule has 0 saturated carbocycles. The van der Waals surface area contributed by atoms with E-state index in [1.807, 2.05) is 0 Å². The second-order valence-electron chi connectivity index (χ2n) is 23.6. The summed E-state index contributed by atoms with van der Waals surface area (Å²) >= 11 is 0. The predicted molar refractivity (Wildman–Crippen MR) is 380 cm³/mol. The highest BCUT2D eigenvalue weighted by Gasteiger charge is 2.29. The van der Waals surface area contributed by atoms with E-state index in [9.17, 15) is 43.5 Å². The van der Waals surface area contributed by atoms with Gasteiger partial charge in [-0.2, -0.15) is 0 Å². The number of esters is 3. The molecule has 0 rings (SSSR count). The van der Waals surface area contributed by atoms with Gasteiger partial charge in [-0.25, -0.2) is 9.13 Å². The lowest BCUT2D eigenvalue weighted by atomic mass is 10.1. The molecule has 0 aliphatic heterocycles. The first-order valence-corrected chi connectivity index (χ1v) is 38.8. The van der Waals surface area contributed by atoms with Crippen LogP contribution in [0.1, 0.15) is 278 Å². The van der Waals surface area contributed by atoms with Gasteiger partial charge in [-0.3, -0.25) is 32.5 Å². The van der Waals surface area contributed by atoms with Crippen LogP contribution in [0.2, 0.25) is 0 Å². The van der Waals surface area contributed by atoms with E-state index in [-0.39, 0.29) is 19.3 Å². The Kier molecular flexibility index (Phi) is 65.0. The largest absolute Gasteiger partial charge is 0.472 e. The minimum atomic E-state index is -4.94. The molecule has 0 saturated heterocycles. The number of phosphoric ester groups is 2. The molecule has 0 aromatic heterocycles. The zero-order valence-corrected chi connectivity index (χ0v) is 59.7. The second kappa shape index (κ2) is 67.9. The number of unbranched alkanes of at least 4 members (excludes halogenated alkanes) is 24. The monoisotopic (exact) mass is 1350 g/mol. The van der Waals surface area contributed by atoms with Crippen LogP contribution < -0.4 is 0 Å². The maximum atomic E-state index is 12.9. The number of rotatable bonds is 67. The SMILES string of the molecule is CC/C=C\C/C=C\C/C=C\C/C=C\CCCCCCC(=O)OCC(COP(=O)(O)OCC(O)COP(=O)(O)OCC(O)COC(=O)CCCCCCCCCCC/C=C\C/C=C\C/C=C\C/C=C\CCCCC)OC(=O)CCCCCCC/C=C\C/C=C\CCCCC. The molecule has 5 atom stereocenters. The van der Waals surface area contributed by atoms with E-state index in [1.165, 1.54) is 70.6 Å². The number of ether oxygens (including phenoxy) is 3. The van der Waals surface area contributed by atoms with Crippen molar-refractivity contribution in [2.45, 2.75) is 296 Å². The molecule has 0 spiro atoms. The van der Waals surface area contributed by atoms with Crippen molar-refractivity contribution in [1.82, 2.24) is 0 Å². The Morgan fingerprint density at radius 2 is 0.570 bits per heavy atom. The van der Waals surface area contributed by atoms with Crippen LogP contribution in [0, 0.1) is 0 Å². The smallest absolute Gasteiger partial charge is 0.463 e. The van der Waals surface area contributed by atoms with Crippen molar-refractivity contribution in [3.63, 3.8) is 0 Å². The highest BCUT2D eigenvalue weighted by atomic mass is 31.2. The summed E-state index contributed by atoms with van der Waals surface area (Å²) in [6.45, 7) is 2.45. The molecule has 0 aromatic rings. The van der Waals surface area contributed by atoms with Gasteiger partial charge < -0.3 is 34.2 Å². The van der Waals surface area contributed by atoms with E-state index >= 15 is 0 Å². The number of carbonyl (C=O) groups is 3. The fourth-order valence-corrected chi connectivity index (χ4v) is 10.7. The number of hydrogen-bond acceptors (Lipinski definition) is 14.